The van der Waals surface area contributed by atoms with E-state index in [1.807, 2.05) is 19.1 Å². The van der Waals surface area contributed by atoms with Gasteiger partial charge in [-0.3, -0.25) is 9.59 Å². The second-order valence-electron chi connectivity index (χ2n) is 5.79. The average molecular weight is 305 g/mol. The van der Waals surface area contributed by atoms with Crippen LogP contribution in [0.4, 0.5) is 5.82 Å². The van der Waals surface area contributed by atoms with Gasteiger partial charge in [0.05, 0.1) is 5.92 Å². The number of likely N-dealkylation sites (tertiary alicyclic amines) is 1. The van der Waals surface area contributed by atoms with Gasteiger partial charge in [-0.15, -0.1) is 0 Å². The quantitative estimate of drug-likeness (QED) is 0.839. The van der Waals surface area contributed by atoms with E-state index >= 15 is 0 Å². The maximum Gasteiger partial charge on any atom is 0.303 e. The zero-order valence-corrected chi connectivity index (χ0v) is 12.9. The number of piperidine rings is 1. The van der Waals surface area contributed by atoms with Gasteiger partial charge >= 0.3 is 5.97 Å². The van der Waals surface area contributed by atoms with E-state index in [2.05, 4.69) is 15.2 Å². The van der Waals surface area contributed by atoms with Crippen LogP contribution in [0.15, 0.2) is 18.2 Å². The molecular formula is C16H23N3O3. The molecule has 6 heteroatoms. The normalized spacial score (nSPS) is 18.9. The van der Waals surface area contributed by atoms with E-state index in [-0.39, 0.29) is 18.2 Å². The van der Waals surface area contributed by atoms with Crippen LogP contribution in [0.5, 0.6) is 0 Å². The molecule has 0 radical (unpaired) electrons. The molecule has 6 nitrogen and oxygen atoms in total. The van der Waals surface area contributed by atoms with Gasteiger partial charge in [0.25, 0.3) is 0 Å². The number of anilines is 1. The molecule has 1 fully saturated rings. The molecule has 120 valence electrons. The number of aryl methyl sites for hydroxylation is 1. The Morgan fingerprint density at radius 3 is 3.00 bits per heavy atom. The molecule has 2 heterocycles. The maximum absolute atomic E-state index is 12.3. The molecule has 1 atom stereocenters. The molecule has 0 saturated carbocycles. The van der Waals surface area contributed by atoms with Crippen molar-refractivity contribution >= 4 is 17.7 Å². The lowest BCUT2D eigenvalue weighted by Crippen LogP contribution is -2.41. The van der Waals surface area contributed by atoms with Gasteiger partial charge in [0.15, 0.2) is 0 Å². The second-order valence-corrected chi connectivity index (χ2v) is 5.79. The SMILES string of the molecule is Cc1cccc(NC(=O)C2CCCN(CCCC(=O)O)C2)n1. The standard InChI is InChI=1S/C16H23N3O3/c1-12-5-2-7-14(17-12)18-16(22)13-6-3-9-19(11-13)10-4-8-15(20)21/h2,5,7,13H,3-4,6,8-11H2,1H3,(H,20,21)(H,17,18,22). The van der Waals surface area contributed by atoms with Crippen molar-refractivity contribution in [3.8, 4) is 0 Å². The van der Waals surface area contributed by atoms with E-state index in [1.54, 1.807) is 6.07 Å². The molecule has 1 saturated heterocycles. The molecule has 0 aliphatic carbocycles. The number of hydrogen-bond acceptors (Lipinski definition) is 4. The summed E-state index contributed by atoms with van der Waals surface area (Å²) in [6, 6.07) is 5.55. The van der Waals surface area contributed by atoms with Gasteiger partial charge in [0.2, 0.25) is 5.91 Å². The minimum atomic E-state index is -0.767. The largest absolute Gasteiger partial charge is 0.481 e. The predicted molar refractivity (Wildman–Crippen MR) is 83.6 cm³/mol. The highest BCUT2D eigenvalue weighted by Gasteiger charge is 2.25. The topological polar surface area (TPSA) is 82.5 Å². The monoisotopic (exact) mass is 305 g/mol. The third kappa shape index (κ3) is 5.11. The van der Waals surface area contributed by atoms with Gasteiger partial charge in [0, 0.05) is 18.7 Å². The molecule has 2 rings (SSSR count). The number of amides is 1. The highest BCUT2D eigenvalue weighted by molar-refractivity contribution is 5.91. The van der Waals surface area contributed by atoms with E-state index in [9.17, 15) is 9.59 Å². The predicted octanol–water partition coefficient (Wildman–Crippen LogP) is 1.91. The molecule has 1 amide bonds. The Bertz CT molecular complexity index is 533. The van der Waals surface area contributed by atoms with Crippen LogP contribution < -0.4 is 5.32 Å². The van der Waals surface area contributed by atoms with E-state index in [0.717, 1.165) is 31.6 Å². The fourth-order valence-electron chi connectivity index (χ4n) is 2.77. The summed E-state index contributed by atoms with van der Waals surface area (Å²) in [5, 5.41) is 11.6. The number of rotatable bonds is 6. The third-order valence-electron chi connectivity index (χ3n) is 3.88. The highest BCUT2D eigenvalue weighted by Crippen LogP contribution is 2.18. The molecule has 0 spiro atoms. The van der Waals surface area contributed by atoms with Crippen LogP contribution in [0.25, 0.3) is 0 Å². The van der Waals surface area contributed by atoms with Gasteiger partial charge < -0.3 is 15.3 Å². The zero-order valence-electron chi connectivity index (χ0n) is 12.9. The molecule has 1 aromatic rings. The zero-order chi connectivity index (χ0) is 15.9. The lowest BCUT2D eigenvalue weighted by molar-refractivity contribution is -0.137. The first kappa shape index (κ1) is 16.4. The van der Waals surface area contributed by atoms with Crippen molar-refractivity contribution in [2.45, 2.75) is 32.6 Å². The van der Waals surface area contributed by atoms with Crippen molar-refractivity contribution in [2.24, 2.45) is 5.92 Å². The summed E-state index contributed by atoms with van der Waals surface area (Å²) < 4.78 is 0. The van der Waals surface area contributed by atoms with Crippen molar-refractivity contribution < 1.29 is 14.7 Å². The first-order valence-corrected chi connectivity index (χ1v) is 7.73. The van der Waals surface area contributed by atoms with Crippen LogP contribution in [0, 0.1) is 12.8 Å². The summed E-state index contributed by atoms with van der Waals surface area (Å²) in [6.07, 6.45) is 2.64. The summed E-state index contributed by atoms with van der Waals surface area (Å²) in [5.41, 5.74) is 0.872. The minimum Gasteiger partial charge on any atom is -0.481 e. The van der Waals surface area contributed by atoms with Crippen molar-refractivity contribution in [3.05, 3.63) is 23.9 Å². The van der Waals surface area contributed by atoms with Crippen molar-refractivity contribution in [1.29, 1.82) is 0 Å². The van der Waals surface area contributed by atoms with E-state index < -0.39 is 5.97 Å². The Balaban J connectivity index is 1.83. The Morgan fingerprint density at radius 1 is 1.45 bits per heavy atom. The minimum absolute atomic E-state index is 0.000958. The van der Waals surface area contributed by atoms with Crippen LogP contribution in [-0.4, -0.2) is 46.5 Å². The van der Waals surface area contributed by atoms with Crippen LogP contribution in [-0.2, 0) is 9.59 Å². The summed E-state index contributed by atoms with van der Waals surface area (Å²) >= 11 is 0. The number of aromatic nitrogens is 1. The molecule has 2 N–H and O–H groups in total. The Kier molecular flexibility index (Phi) is 5.89. The van der Waals surface area contributed by atoms with Crippen molar-refractivity contribution in [1.82, 2.24) is 9.88 Å². The summed E-state index contributed by atoms with van der Waals surface area (Å²) in [4.78, 5) is 29.4. The Labute approximate surface area is 130 Å². The van der Waals surface area contributed by atoms with E-state index in [1.165, 1.54) is 0 Å². The molecule has 0 bridgehead atoms. The second kappa shape index (κ2) is 7.89. The molecule has 1 aromatic heterocycles. The maximum atomic E-state index is 12.3. The average Bonchev–Trinajstić information content (AvgIpc) is 2.47. The molecule has 22 heavy (non-hydrogen) atoms. The van der Waals surface area contributed by atoms with Crippen LogP contribution >= 0.6 is 0 Å². The summed E-state index contributed by atoms with van der Waals surface area (Å²) in [6.45, 7) is 4.25. The third-order valence-corrected chi connectivity index (χ3v) is 3.88. The number of nitrogens with zero attached hydrogens (tertiary/aromatic N) is 2. The van der Waals surface area contributed by atoms with Gasteiger partial charge in [-0.1, -0.05) is 6.07 Å². The molecule has 1 aliphatic rings. The van der Waals surface area contributed by atoms with Gasteiger partial charge in [-0.2, -0.15) is 0 Å². The number of aliphatic carboxylic acids is 1. The first-order valence-electron chi connectivity index (χ1n) is 7.73. The van der Waals surface area contributed by atoms with Crippen LogP contribution in [0.3, 0.4) is 0 Å². The highest BCUT2D eigenvalue weighted by atomic mass is 16.4. The van der Waals surface area contributed by atoms with Gasteiger partial charge in [-0.25, -0.2) is 4.98 Å². The van der Waals surface area contributed by atoms with Gasteiger partial charge in [-0.05, 0) is 51.4 Å². The molecular weight excluding hydrogens is 282 g/mol. The van der Waals surface area contributed by atoms with Gasteiger partial charge in [0.1, 0.15) is 5.82 Å². The number of carbonyl (C=O) groups excluding carboxylic acids is 1. The number of pyridine rings is 1. The number of carbonyl (C=O) groups is 2. The number of nitrogens with one attached hydrogen (secondary N) is 1. The first-order chi connectivity index (χ1) is 10.5. The van der Waals surface area contributed by atoms with Crippen molar-refractivity contribution in [2.75, 3.05) is 25.0 Å². The fourth-order valence-corrected chi connectivity index (χ4v) is 2.77. The molecule has 1 unspecified atom stereocenters. The van der Waals surface area contributed by atoms with Crippen LogP contribution in [0.2, 0.25) is 0 Å². The lowest BCUT2D eigenvalue weighted by atomic mass is 9.97. The Morgan fingerprint density at radius 2 is 2.27 bits per heavy atom. The smallest absolute Gasteiger partial charge is 0.303 e. The number of carboxylic acid groups (broad SMARTS) is 1. The summed E-state index contributed by atoms with van der Waals surface area (Å²) in [7, 11) is 0. The summed E-state index contributed by atoms with van der Waals surface area (Å²) in [5.74, 6) is -0.230. The van der Waals surface area contributed by atoms with Crippen LogP contribution in [0.1, 0.15) is 31.4 Å². The molecule has 0 aromatic carbocycles. The fraction of sp³-hybridized carbons (Fsp3) is 0.562. The van der Waals surface area contributed by atoms with E-state index in [4.69, 9.17) is 5.11 Å². The molecule has 1 aliphatic heterocycles. The number of carboxylic acids is 1. The van der Waals surface area contributed by atoms with Crippen molar-refractivity contribution in [3.63, 3.8) is 0 Å². The lowest BCUT2D eigenvalue weighted by Gasteiger charge is -2.31. The Hall–Kier alpha value is -1.95. The van der Waals surface area contributed by atoms with E-state index in [0.29, 0.717) is 18.8 Å². The number of hydrogen-bond donors (Lipinski definition) is 2.